The lowest BCUT2D eigenvalue weighted by molar-refractivity contribution is 0.132. The van der Waals surface area contributed by atoms with Gasteiger partial charge >= 0.3 is 0 Å². The first-order chi connectivity index (χ1) is 7.90. The molecular weight excluding hydrogens is 200 g/mol. The minimum atomic E-state index is 0.557. The first-order valence-electron chi connectivity index (χ1n) is 5.98. The van der Waals surface area contributed by atoms with Crippen molar-refractivity contribution in [3.05, 3.63) is 18.5 Å². The molecule has 0 N–H and O–H groups in total. The Balaban J connectivity index is 1.91. The third-order valence-electron chi connectivity index (χ3n) is 3.22. The zero-order valence-electron chi connectivity index (χ0n) is 9.55. The first kappa shape index (κ1) is 11.2. The number of hydrogen-bond donors (Lipinski definition) is 0. The van der Waals surface area contributed by atoms with Gasteiger partial charge in [-0.05, 0) is 25.5 Å². The fourth-order valence-electron chi connectivity index (χ4n) is 2.38. The van der Waals surface area contributed by atoms with E-state index in [1.54, 1.807) is 0 Å². The molecule has 2 heterocycles. The second kappa shape index (κ2) is 5.66. The van der Waals surface area contributed by atoms with Gasteiger partial charge in [-0.2, -0.15) is 10.4 Å². The van der Waals surface area contributed by atoms with Gasteiger partial charge < -0.3 is 0 Å². The largest absolute Gasteiger partial charge is 0.298 e. The molecule has 0 aromatic carbocycles. The maximum absolute atomic E-state index is 8.65. The van der Waals surface area contributed by atoms with Crippen LogP contribution in [0.5, 0.6) is 0 Å². The van der Waals surface area contributed by atoms with Crippen LogP contribution in [0.1, 0.15) is 25.7 Å². The highest BCUT2D eigenvalue weighted by Crippen LogP contribution is 2.18. The highest BCUT2D eigenvalue weighted by Gasteiger charge is 2.22. The molecule has 86 valence electrons. The fraction of sp³-hybridized carbons (Fsp3) is 0.667. The Kier molecular flexibility index (Phi) is 3.95. The van der Waals surface area contributed by atoms with Gasteiger partial charge in [0.2, 0.25) is 0 Å². The Morgan fingerprint density at radius 1 is 1.44 bits per heavy atom. The number of nitrogens with zero attached hydrogens (tertiary/aromatic N) is 4. The van der Waals surface area contributed by atoms with Crippen molar-refractivity contribution in [2.45, 2.75) is 38.3 Å². The van der Waals surface area contributed by atoms with E-state index in [9.17, 15) is 0 Å². The predicted molar refractivity (Wildman–Crippen MR) is 61.7 cm³/mol. The number of piperidine rings is 1. The van der Waals surface area contributed by atoms with Crippen LogP contribution in [-0.4, -0.2) is 33.8 Å². The van der Waals surface area contributed by atoms with Gasteiger partial charge in [0.05, 0.1) is 12.6 Å². The van der Waals surface area contributed by atoms with Crippen LogP contribution in [0.3, 0.4) is 0 Å². The molecule has 0 radical (unpaired) electrons. The second-order valence-electron chi connectivity index (χ2n) is 4.32. The van der Waals surface area contributed by atoms with Gasteiger partial charge in [0.1, 0.15) is 0 Å². The Labute approximate surface area is 96.5 Å². The summed E-state index contributed by atoms with van der Waals surface area (Å²) in [7, 11) is 0. The molecule has 1 aromatic rings. The predicted octanol–water partition coefficient (Wildman–Crippen LogP) is 1.65. The quantitative estimate of drug-likeness (QED) is 0.772. The standard InChI is InChI=1S/C12H18N4/c13-6-3-9-15-8-2-1-5-12(15)11-16-10-4-7-14-16/h4,7,10,12H,1-3,5,8-9,11H2. The second-order valence-corrected chi connectivity index (χ2v) is 4.32. The highest BCUT2D eigenvalue weighted by atomic mass is 15.3. The van der Waals surface area contributed by atoms with Gasteiger partial charge in [-0.3, -0.25) is 9.58 Å². The van der Waals surface area contributed by atoms with Crippen LogP contribution in [0, 0.1) is 11.3 Å². The van der Waals surface area contributed by atoms with E-state index in [-0.39, 0.29) is 0 Å². The molecule has 0 bridgehead atoms. The molecule has 1 saturated heterocycles. The maximum Gasteiger partial charge on any atom is 0.0635 e. The van der Waals surface area contributed by atoms with E-state index >= 15 is 0 Å². The van der Waals surface area contributed by atoms with E-state index in [2.05, 4.69) is 16.1 Å². The Bertz CT molecular complexity index is 338. The van der Waals surface area contributed by atoms with E-state index in [1.165, 1.54) is 19.3 Å². The Hall–Kier alpha value is -1.34. The molecular formula is C12H18N4. The SMILES string of the molecule is N#CCCN1CCCCC1Cn1cccn1. The fourth-order valence-corrected chi connectivity index (χ4v) is 2.38. The molecule has 2 rings (SSSR count). The summed E-state index contributed by atoms with van der Waals surface area (Å²) >= 11 is 0. The van der Waals surface area contributed by atoms with Gasteiger partial charge in [0.15, 0.2) is 0 Å². The van der Waals surface area contributed by atoms with Crippen molar-refractivity contribution < 1.29 is 0 Å². The van der Waals surface area contributed by atoms with E-state index < -0.39 is 0 Å². The minimum absolute atomic E-state index is 0.557. The van der Waals surface area contributed by atoms with Gasteiger partial charge in [0.25, 0.3) is 0 Å². The highest BCUT2D eigenvalue weighted by molar-refractivity contribution is 4.84. The molecule has 16 heavy (non-hydrogen) atoms. The van der Waals surface area contributed by atoms with Crippen molar-refractivity contribution in [2.75, 3.05) is 13.1 Å². The topological polar surface area (TPSA) is 44.9 Å². The maximum atomic E-state index is 8.65. The van der Waals surface area contributed by atoms with E-state index in [1.807, 2.05) is 23.1 Å². The first-order valence-corrected chi connectivity index (χ1v) is 5.98. The monoisotopic (exact) mass is 218 g/mol. The molecule has 1 atom stereocenters. The number of likely N-dealkylation sites (tertiary alicyclic amines) is 1. The summed E-state index contributed by atoms with van der Waals surface area (Å²) in [5, 5.41) is 12.9. The molecule has 0 spiro atoms. The van der Waals surface area contributed by atoms with E-state index in [0.717, 1.165) is 19.6 Å². The summed E-state index contributed by atoms with van der Waals surface area (Å²) in [6.45, 7) is 2.99. The van der Waals surface area contributed by atoms with Crippen molar-refractivity contribution in [3.8, 4) is 6.07 Å². The van der Waals surface area contributed by atoms with Crippen molar-refractivity contribution in [3.63, 3.8) is 0 Å². The van der Waals surface area contributed by atoms with Crippen LogP contribution in [0.15, 0.2) is 18.5 Å². The number of aromatic nitrogens is 2. The molecule has 1 aromatic heterocycles. The lowest BCUT2D eigenvalue weighted by atomic mass is 10.0. The normalized spacial score (nSPS) is 21.8. The number of rotatable bonds is 4. The lowest BCUT2D eigenvalue weighted by Gasteiger charge is -2.35. The Morgan fingerprint density at radius 2 is 2.38 bits per heavy atom. The summed E-state index contributed by atoms with van der Waals surface area (Å²) in [5.74, 6) is 0. The van der Waals surface area contributed by atoms with Gasteiger partial charge in [-0.15, -0.1) is 0 Å². The molecule has 1 fully saturated rings. The van der Waals surface area contributed by atoms with Crippen LogP contribution in [0.25, 0.3) is 0 Å². The number of hydrogen-bond acceptors (Lipinski definition) is 3. The third kappa shape index (κ3) is 2.83. The molecule has 1 unspecified atom stereocenters. The average molecular weight is 218 g/mol. The smallest absolute Gasteiger partial charge is 0.0635 e. The van der Waals surface area contributed by atoms with Crippen molar-refractivity contribution in [2.24, 2.45) is 0 Å². The summed E-state index contributed by atoms with van der Waals surface area (Å²) < 4.78 is 2.00. The van der Waals surface area contributed by atoms with E-state index in [4.69, 9.17) is 5.26 Å². The van der Waals surface area contributed by atoms with Crippen molar-refractivity contribution in [1.82, 2.24) is 14.7 Å². The zero-order valence-corrected chi connectivity index (χ0v) is 9.55. The molecule has 4 heteroatoms. The Morgan fingerprint density at radius 3 is 3.12 bits per heavy atom. The molecule has 1 aliphatic rings. The summed E-state index contributed by atoms with van der Waals surface area (Å²) in [6, 6.07) is 4.75. The van der Waals surface area contributed by atoms with Crippen molar-refractivity contribution >= 4 is 0 Å². The third-order valence-corrected chi connectivity index (χ3v) is 3.22. The van der Waals surface area contributed by atoms with Crippen LogP contribution < -0.4 is 0 Å². The molecule has 0 saturated carbocycles. The lowest BCUT2D eigenvalue weighted by Crippen LogP contribution is -2.42. The average Bonchev–Trinajstić information content (AvgIpc) is 2.81. The molecule has 1 aliphatic heterocycles. The summed E-state index contributed by atoms with van der Waals surface area (Å²) in [6.07, 6.45) is 8.26. The molecule has 0 aliphatic carbocycles. The van der Waals surface area contributed by atoms with Crippen LogP contribution >= 0.6 is 0 Å². The van der Waals surface area contributed by atoms with Gasteiger partial charge in [-0.1, -0.05) is 6.42 Å². The number of nitriles is 1. The molecule has 0 amide bonds. The van der Waals surface area contributed by atoms with Gasteiger partial charge in [0, 0.05) is 31.4 Å². The van der Waals surface area contributed by atoms with Crippen LogP contribution in [0.4, 0.5) is 0 Å². The van der Waals surface area contributed by atoms with Crippen LogP contribution in [0.2, 0.25) is 0 Å². The van der Waals surface area contributed by atoms with Crippen LogP contribution in [-0.2, 0) is 6.54 Å². The van der Waals surface area contributed by atoms with Crippen molar-refractivity contribution in [1.29, 1.82) is 5.26 Å². The minimum Gasteiger partial charge on any atom is -0.298 e. The zero-order chi connectivity index (χ0) is 11.2. The summed E-state index contributed by atoms with van der Waals surface area (Å²) in [4.78, 5) is 2.44. The van der Waals surface area contributed by atoms with Gasteiger partial charge in [-0.25, -0.2) is 0 Å². The molecule has 4 nitrogen and oxygen atoms in total. The summed E-state index contributed by atoms with van der Waals surface area (Å²) in [5.41, 5.74) is 0. The van der Waals surface area contributed by atoms with E-state index in [0.29, 0.717) is 12.5 Å².